The van der Waals surface area contributed by atoms with Crippen molar-refractivity contribution in [1.82, 2.24) is 10.2 Å². The maximum absolute atomic E-state index is 13.4. The molecule has 2 saturated heterocycles. The first kappa shape index (κ1) is 12.6. The summed E-state index contributed by atoms with van der Waals surface area (Å²) in [7, 11) is 0. The van der Waals surface area contributed by atoms with E-state index in [0.717, 1.165) is 31.6 Å². The average molecular weight is 262 g/mol. The summed E-state index contributed by atoms with van der Waals surface area (Å²) in [5.74, 6) is 0.204. The van der Waals surface area contributed by atoms with Gasteiger partial charge in [0.25, 0.3) is 5.91 Å². The Bertz CT molecular complexity index is 483. The third kappa shape index (κ3) is 2.37. The van der Waals surface area contributed by atoms with Gasteiger partial charge in [-0.15, -0.1) is 0 Å². The van der Waals surface area contributed by atoms with E-state index in [1.54, 1.807) is 6.07 Å². The number of nitrogens with one attached hydrogen (secondary N) is 1. The summed E-state index contributed by atoms with van der Waals surface area (Å²) in [6, 6.07) is 4.86. The van der Waals surface area contributed by atoms with Crippen LogP contribution in [0.1, 0.15) is 28.8 Å². The van der Waals surface area contributed by atoms with E-state index in [4.69, 9.17) is 0 Å². The number of halogens is 1. The van der Waals surface area contributed by atoms with E-state index < -0.39 is 0 Å². The fourth-order valence-electron chi connectivity index (χ4n) is 3.35. The first-order chi connectivity index (χ1) is 9.15. The molecule has 2 aliphatic rings. The number of benzene rings is 1. The lowest BCUT2D eigenvalue weighted by atomic mass is 9.91. The van der Waals surface area contributed by atoms with Crippen molar-refractivity contribution in [1.29, 1.82) is 0 Å². The van der Waals surface area contributed by atoms with Crippen molar-refractivity contribution in [3.05, 3.63) is 35.1 Å². The molecule has 4 heteroatoms. The zero-order valence-electron chi connectivity index (χ0n) is 11.2. The molecule has 0 bridgehead atoms. The molecule has 0 saturated carbocycles. The lowest BCUT2D eigenvalue weighted by molar-refractivity contribution is 0.0574. The fourth-order valence-corrected chi connectivity index (χ4v) is 3.35. The van der Waals surface area contributed by atoms with Crippen molar-refractivity contribution in [2.45, 2.75) is 25.8 Å². The Balaban J connectivity index is 1.86. The molecule has 1 N–H and O–H groups in total. The summed E-state index contributed by atoms with van der Waals surface area (Å²) >= 11 is 0. The highest BCUT2D eigenvalue weighted by Gasteiger charge is 2.37. The Kier molecular flexibility index (Phi) is 3.27. The maximum atomic E-state index is 13.4. The summed E-state index contributed by atoms with van der Waals surface area (Å²) < 4.78 is 13.4. The van der Waals surface area contributed by atoms with Crippen LogP contribution in [0.15, 0.2) is 18.2 Å². The van der Waals surface area contributed by atoms with E-state index in [0.29, 0.717) is 11.5 Å². The van der Waals surface area contributed by atoms with Gasteiger partial charge in [0.1, 0.15) is 5.82 Å². The highest BCUT2D eigenvalue weighted by molar-refractivity contribution is 5.94. The lowest BCUT2D eigenvalue weighted by Gasteiger charge is -2.37. The molecule has 3 rings (SSSR count). The van der Waals surface area contributed by atoms with Crippen LogP contribution in [0.2, 0.25) is 0 Å². The van der Waals surface area contributed by atoms with Gasteiger partial charge in [-0.1, -0.05) is 0 Å². The number of likely N-dealkylation sites (tertiary alicyclic amines) is 1. The zero-order valence-corrected chi connectivity index (χ0v) is 11.2. The third-order valence-electron chi connectivity index (χ3n) is 4.23. The Morgan fingerprint density at radius 1 is 1.37 bits per heavy atom. The Morgan fingerprint density at radius 2 is 2.21 bits per heavy atom. The predicted molar refractivity (Wildman–Crippen MR) is 71.6 cm³/mol. The molecule has 0 spiro atoms. The van der Waals surface area contributed by atoms with Gasteiger partial charge in [-0.25, -0.2) is 4.39 Å². The van der Waals surface area contributed by atoms with Crippen LogP contribution in [-0.2, 0) is 0 Å². The molecule has 2 heterocycles. The van der Waals surface area contributed by atoms with E-state index in [9.17, 15) is 9.18 Å². The lowest BCUT2D eigenvalue weighted by Crippen LogP contribution is -2.48. The highest BCUT2D eigenvalue weighted by atomic mass is 19.1. The van der Waals surface area contributed by atoms with Crippen LogP contribution in [0, 0.1) is 18.7 Å². The largest absolute Gasteiger partial charge is 0.334 e. The second-order valence-electron chi connectivity index (χ2n) is 5.64. The van der Waals surface area contributed by atoms with E-state index in [1.807, 2.05) is 11.8 Å². The maximum Gasteiger partial charge on any atom is 0.254 e. The number of carbonyl (C=O) groups excluding carboxylic acids is 1. The van der Waals surface area contributed by atoms with Crippen molar-refractivity contribution in [3.8, 4) is 0 Å². The molecule has 2 aliphatic heterocycles. The van der Waals surface area contributed by atoms with Crippen LogP contribution in [0.4, 0.5) is 4.39 Å². The summed E-state index contributed by atoms with van der Waals surface area (Å²) in [6.45, 7) is 4.47. The summed E-state index contributed by atoms with van der Waals surface area (Å²) in [4.78, 5) is 14.5. The number of fused-ring (bicyclic) bond motifs is 1. The monoisotopic (exact) mass is 262 g/mol. The van der Waals surface area contributed by atoms with Gasteiger partial charge in [-0.2, -0.15) is 0 Å². The normalized spacial score (nSPS) is 26.3. The molecule has 0 radical (unpaired) electrons. The molecule has 2 unspecified atom stereocenters. The number of aryl methyl sites for hydroxylation is 1. The van der Waals surface area contributed by atoms with Gasteiger partial charge >= 0.3 is 0 Å². The van der Waals surface area contributed by atoms with E-state index in [2.05, 4.69) is 5.32 Å². The number of nitrogens with zero attached hydrogens (tertiary/aromatic N) is 1. The molecule has 2 fully saturated rings. The van der Waals surface area contributed by atoms with Crippen molar-refractivity contribution < 1.29 is 9.18 Å². The van der Waals surface area contributed by atoms with Gasteiger partial charge < -0.3 is 10.2 Å². The van der Waals surface area contributed by atoms with Gasteiger partial charge in [-0.3, -0.25) is 4.79 Å². The van der Waals surface area contributed by atoms with Crippen LogP contribution in [0.25, 0.3) is 0 Å². The number of hydrogen-bond acceptors (Lipinski definition) is 2. The number of rotatable bonds is 1. The van der Waals surface area contributed by atoms with Crippen LogP contribution in [-0.4, -0.2) is 36.5 Å². The third-order valence-corrected chi connectivity index (χ3v) is 4.23. The Morgan fingerprint density at radius 3 is 3.00 bits per heavy atom. The molecular weight excluding hydrogens is 243 g/mol. The summed E-state index contributed by atoms with van der Waals surface area (Å²) in [6.07, 6.45) is 2.23. The van der Waals surface area contributed by atoms with Crippen molar-refractivity contribution in [2.75, 3.05) is 19.6 Å². The van der Waals surface area contributed by atoms with E-state index in [-0.39, 0.29) is 17.8 Å². The van der Waals surface area contributed by atoms with Gasteiger partial charge in [0.15, 0.2) is 0 Å². The quantitative estimate of drug-likeness (QED) is 0.839. The second kappa shape index (κ2) is 4.93. The van der Waals surface area contributed by atoms with Crippen molar-refractivity contribution >= 4 is 5.91 Å². The number of carbonyl (C=O) groups is 1. The van der Waals surface area contributed by atoms with Gasteiger partial charge in [-0.05, 0) is 49.4 Å². The molecular formula is C15H19FN2O. The number of piperidine rings is 1. The van der Waals surface area contributed by atoms with Crippen LogP contribution < -0.4 is 5.32 Å². The molecule has 102 valence electrons. The first-order valence-corrected chi connectivity index (χ1v) is 6.94. The summed E-state index contributed by atoms with van der Waals surface area (Å²) in [5, 5.41) is 3.36. The van der Waals surface area contributed by atoms with Gasteiger partial charge in [0.2, 0.25) is 0 Å². The minimum atomic E-state index is -0.332. The van der Waals surface area contributed by atoms with Crippen molar-refractivity contribution in [3.63, 3.8) is 0 Å². The topological polar surface area (TPSA) is 32.3 Å². The summed E-state index contributed by atoms with van der Waals surface area (Å²) in [5.41, 5.74) is 1.27. The average Bonchev–Trinajstić information content (AvgIpc) is 2.84. The molecule has 1 amide bonds. The van der Waals surface area contributed by atoms with E-state index in [1.165, 1.54) is 18.6 Å². The van der Waals surface area contributed by atoms with Crippen molar-refractivity contribution in [2.24, 2.45) is 5.92 Å². The number of hydrogen-bond donors (Lipinski definition) is 1. The van der Waals surface area contributed by atoms with Gasteiger partial charge in [0.05, 0.1) is 0 Å². The predicted octanol–water partition coefficient (Wildman–Crippen LogP) is 1.96. The SMILES string of the molecule is Cc1cc(F)cc(C(=O)N2CCCC3CNCC32)c1. The van der Waals surface area contributed by atoms with Gasteiger partial charge in [0, 0.05) is 31.2 Å². The molecule has 2 atom stereocenters. The highest BCUT2D eigenvalue weighted by Crippen LogP contribution is 2.28. The molecule has 3 nitrogen and oxygen atoms in total. The molecule has 0 aromatic heterocycles. The first-order valence-electron chi connectivity index (χ1n) is 6.94. The molecule has 0 aliphatic carbocycles. The minimum absolute atomic E-state index is 0.0269. The molecule has 19 heavy (non-hydrogen) atoms. The smallest absolute Gasteiger partial charge is 0.254 e. The standard InChI is InChI=1S/C15H19FN2O/c1-10-5-12(7-13(16)6-10)15(19)18-4-2-3-11-8-17-9-14(11)18/h5-7,11,14,17H,2-4,8-9H2,1H3. The Labute approximate surface area is 112 Å². The molecule has 1 aromatic carbocycles. The fraction of sp³-hybridized carbons (Fsp3) is 0.533. The second-order valence-corrected chi connectivity index (χ2v) is 5.64. The van der Waals surface area contributed by atoms with E-state index >= 15 is 0 Å². The van der Waals surface area contributed by atoms with Crippen LogP contribution in [0.3, 0.4) is 0 Å². The van der Waals surface area contributed by atoms with Crippen LogP contribution >= 0.6 is 0 Å². The molecule has 1 aromatic rings. The Hall–Kier alpha value is -1.42. The number of amides is 1. The minimum Gasteiger partial charge on any atom is -0.334 e. The van der Waals surface area contributed by atoms with Crippen LogP contribution in [0.5, 0.6) is 0 Å². The zero-order chi connectivity index (χ0) is 13.4.